The second-order valence-corrected chi connectivity index (χ2v) is 15.7. The highest BCUT2D eigenvalue weighted by Crippen LogP contribution is 2.40. The van der Waals surface area contributed by atoms with Crippen molar-refractivity contribution in [3.05, 3.63) is 118 Å². The summed E-state index contributed by atoms with van der Waals surface area (Å²) in [5, 5.41) is 38.2. The molecule has 3 heterocycles. The number of aliphatic hydroxyl groups excluding tert-OH is 1. The Kier molecular flexibility index (Phi) is 14.2. The second kappa shape index (κ2) is 20.3. The van der Waals surface area contributed by atoms with E-state index < -0.39 is 59.3 Å². The normalized spacial score (nSPS) is 15.2. The molecule has 64 heavy (non-hydrogen) atoms. The number of fused-ring (bicyclic) bond motifs is 1. The first-order valence-electron chi connectivity index (χ1n) is 21.1. The molecule has 2 fully saturated rings. The Morgan fingerprint density at radius 3 is 2.33 bits per heavy atom. The number of primary amides is 1. The first-order chi connectivity index (χ1) is 30.9. The van der Waals surface area contributed by atoms with Gasteiger partial charge in [0.1, 0.15) is 36.5 Å². The van der Waals surface area contributed by atoms with Crippen LogP contribution in [0.3, 0.4) is 0 Å². The molecule has 4 amide bonds. The van der Waals surface area contributed by atoms with Gasteiger partial charge in [0.15, 0.2) is 0 Å². The third-order valence-corrected chi connectivity index (χ3v) is 11.3. The van der Waals surface area contributed by atoms with Gasteiger partial charge in [-0.3, -0.25) is 4.79 Å². The molecule has 2 aliphatic rings. The average Bonchev–Trinajstić information content (AvgIpc) is 4.03. The summed E-state index contributed by atoms with van der Waals surface area (Å²) in [5.41, 5.74) is 7.37. The molecule has 3 aromatic carbocycles. The molecule has 3 unspecified atom stereocenters. The van der Waals surface area contributed by atoms with E-state index in [2.05, 4.69) is 26.3 Å². The molecule has 2 aromatic heterocycles. The van der Waals surface area contributed by atoms with Gasteiger partial charge in [-0.15, -0.1) is 5.10 Å². The van der Waals surface area contributed by atoms with Crippen molar-refractivity contribution in [1.82, 2.24) is 35.1 Å². The fourth-order valence-electron chi connectivity index (χ4n) is 7.69. The van der Waals surface area contributed by atoms with Crippen LogP contribution in [0.5, 0.6) is 0 Å². The number of nitrogens with one attached hydrogen (secondary N) is 3. The Hall–Kier alpha value is -7.22. The smallest absolute Gasteiger partial charge is 0.410 e. The van der Waals surface area contributed by atoms with Crippen molar-refractivity contribution in [1.29, 1.82) is 0 Å². The summed E-state index contributed by atoms with van der Waals surface area (Å²) in [5.74, 6) is -1.88. The summed E-state index contributed by atoms with van der Waals surface area (Å²) in [6.07, 6.45) is 3.30. The van der Waals surface area contributed by atoms with E-state index in [0.29, 0.717) is 54.9 Å². The minimum Gasteiger partial charge on any atom is -0.477 e. The summed E-state index contributed by atoms with van der Waals surface area (Å²) < 4.78 is 29.6. The highest BCUT2D eigenvalue weighted by atomic mass is 19.1. The van der Waals surface area contributed by atoms with Crippen LogP contribution in [0.25, 0.3) is 10.9 Å². The Morgan fingerprint density at radius 1 is 0.953 bits per heavy atom. The van der Waals surface area contributed by atoms with Gasteiger partial charge in [0.05, 0.1) is 29.5 Å². The van der Waals surface area contributed by atoms with Gasteiger partial charge in [-0.1, -0.05) is 47.7 Å². The first kappa shape index (κ1) is 44.8. The number of benzene rings is 3. The van der Waals surface area contributed by atoms with Crippen molar-refractivity contribution in [2.45, 2.75) is 70.7 Å². The number of aliphatic hydroxyl groups is 1. The lowest BCUT2D eigenvalue weighted by Crippen LogP contribution is -2.49. The van der Waals surface area contributed by atoms with Crippen LogP contribution < -0.4 is 32.0 Å². The highest BCUT2D eigenvalue weighted by Gasteiger charge is 2.36. The fourth-order valence-corrected chi connectivity index (χ4v) is 7.69. The van der Waals surface area contributed by atoms with Crippen LogP contribution in [0, 0.1) is 11.7 Å². The molecule has 7 rings (SSSR count). The zero-order valence-electron chi connectivity index (χ0n) is 35.2. The van der Waals surface area contributed by atoms with E-state index in [1.165, 1.54) is 11.1 Å². The molecule has 1 saturated heterocycles. The van der Waals surface area contributed by atoms with Crippen molar-refractivity contribution < 1.29 is 43.3 Å². The van der Waals surface area contributed by atoms with Gasteiger partial charge in [0.25, 0.3) is 0 Å². The van der Waals surface area contributed by atoms with Crippen LogP contribution in [-0.2, 0) is 29.2 Å². The molecule has 0 bridgehead atoms. The predicted octanol–water partition coefficient (Wildman–Crippen LogP) is 4.71. The molecular weight excluding hydrogens is 832 g/mol. The first-order valence-corrected chi connectivity index (χ1v) is 21.1. The number of rotatable bonds is 18. The molecular formula is C44H51FN10O9. The number of carboxylic acid groups (broad SMARTS) is 1. The number of nitrogens with two attached hydrogens (primary N) is 1. The summed E-state index contributed by atoms with van der Waals surface area (Å²) in [4.78, 5) is 64.8. The van der Waals surface area contributed by atoms with Crippen LogP contribution in [0.2, 0.25) is 0 Å². The second-order valence-electron chi connectivity index (χ2n) is 15.7. The Labute approximate surface area is 366 Å². The molecule has 19 nitrogen and oxygen atoms in total. The molecule has 7 N–H and O–H groups in total. The number of urea groups is 1. The number of anilines is 2. The molecule has 1 aliphatic carbocycles. The van der Waals surface area contributed by atoms with E-state index in [4.69, 9.17) is 15.2 Å². The van der Waals surface area contributed by atoms with Gasteiger partial charge >= 0.3 is 24.2 Å². The maximum Gasteiger partial charge on any atom is 0.410 e. The third-order valence-electron chi connectivity index (χ3n) is 11.3. The quantitative estimate of drug-likeness (QED) is 0.0517. The Morgan fingerprint density at radius 2 is 1.66 bits per heavy atom. The van der Waals surface area contributed by atoms with E-state index in [1.54, 1.807) is 57.6 Å². The molecule has 0 radical (unpaired) electrons. The van der Waals surface area contributed by atoms with Crippen molar-refractivity contribution in [3.63, 3.8) is 0 Å². The number of carbonyl (C=O) groups excluding carboxylic acids is 3. The fraction of sp³-hybridized carbons (Fsp3) is 0.386. The zero-order valence-corrected chi connectivity index (χ0v) is 35.2. The summed E-state index contributed by atoms with van der Waals surface area (Å²) >= 11 is 0. The van der Waals surface area contributed by atoms with Crippen LogP contribution in [0.4, 0.5) is 30.1 Å². The maximum atomic E-state index is 15.4. The average molecular weight is 883 g/mol. The third kappa shape index (κ3) is 11.0. The monoisotopic (exact) mass is 882 g/mol. The van der Waals surface area contributed by atoms with E-state index in [-0.39, 0.29) is 49.8 Å². The summed E-state index contributed by atoms with van der Waals surface area (Å²) in [6.45, 7) is 3.62. The van der Waals surface area contributed by atoms with E-state index in [1.807, 2.05) is 30.3 Å². The van der Waals surface area contributed by atoms with Crippen molar-refractivity contribution in [2.75, 3.05) is 42.9 Å². The number of nitrogens with zero attached hydrogens (tertiary/aromatic N) is 6. The van der Waals surface area contributed by atoms with E-state index in [0.717, 1.165) is 24.5 Å². The number of pyridine rings is 1. The predicted molar refractivity (Wildman–Crippen MR) is 232 cm³/mol. The SMILES string of the molecule is CCn1cc(C(=O)O)c(=O)c2cc(F)c(N3CCN(C(=O)OCc4ccc(NC(O)C(CCCNC(N)=O)n5cc(C(NC(=O)OCc6ccccc6)C6CC6)nn5)cc4)CC3)cc21. The molecule has 20 heteroatoms. The lowest BCUT2D eigenvalue weighted by Gasteiger charge is -2.35. The number of ether oxygens (including phenoxy) is 2. The van der Waals surface area contributed by atoms with Crippen molar-refractivity contribution in [3.8, 4) is 0 Å². The number of alkyl carbamates (subject to hydrolysis) is 1. The lowest BCUT2D eigenvalue weighted by molar-refractivity contribution is 0.0694. The summed E-state index contributed by atoms with van der Waals surface area (Å²) in [6, 6.07) is 17.2. The summed E-state index contributed by atoms with van der Waals surface area (Å²) in [7, 11) is 0. The number of hydrogen-bond acceptors (Lipinski definition) is 12. The van der Waals surface area contributed by atoms with E-state index in [9.17, 15) is 34.2 Å². The molecule has 338 valence electrons. The number of carboxylic acids is 1. The molecule has 5 aromatic rings. The van der Waals surface area contributed by atoms with Gasteiger partial charge in [0.2, 0.25) is 5.43 Å². The number of aromatic carboxylic acids is 1. The molecule has 3 atom stereocenters. The molecule has 1 saturated carbocycles. The van der Waals surface area contributed by atoms with Crippen molar-refractivity contribution >= 4 is 46.5 Å². The minimum atomic E-state index is -1.38. The topological polar surface area (TPSA) is 248 Å². The Balaban J connectivity index is 0.928. The van der Waals surface area contributed by atoms with Gasteiger partial charge < -0.3 is 55.7 Å². The van der Waals surface area contributed by atoms with Crippen LogP contribution >= 0.6 is 0 Å². The zero-order chi connectivity index (χ0) is 45.3. The van der Waals surface area contributed by atoms with Crippen LogP contribution in [0.1, 0.15) is 71.9 Å². The number of halogens is 1. The van der Waals surface area contributed by atoms with Gasteiger partial charge in [0, 0.05) is 56.5 Å². The van der Waals surface area contributed by atoms with Crippen molar-refractivity contribution in [2.24, 2.45) is 11.7 Å². The lowest BCUT2D eigenvalue weighted by atomic mass is 10.1. The standard InChI is InChI=1S/C44H51FN10O9/c1-2-52-23-32(41(58)59)39(56)31-21-33(45)37(22-36(31)52)53-17-19-54(20-18-53)44(62)64-26-28-10-14-30(15-11-28)48-40(57)35(9-6-16-47-42(46)60)55-24-34(50-51-55)38(29-12-13-29)49-43(61)63-25-27-7-4-3-5-8-27/h3-5,7-8,10-11,14-15,21-24,29,35,38,40,48,57H,2,6,9,12-13,16-20,25-26H2,1H3,(H,49,61)(H,58,59)(H3,46,47,60). The molecule has 1 aliphatic heterocycles. The molecule has 0 spiro atoms. The Bertz CT molecular complexity index is 2510. The largest absolute Gasteiger partial charge is 0.477 e. The number of aromatic nitrogens is 4. The van der Waals surface area contributed by atoms with Gasteiger partial charge in [-0.25, -0.2) is 28.3 Å². The number of carbonyl (C=O) groups is 4. The highest BCUT2D eigenvalue weighted by molar-refractivity contribution is 5.93. The number of piperazine rings is 1. The van der Waals surface area contributed by atoms with E-state index >= 15 is 4.39 Å². The number of hydrogen-bond donors (Lipinski definition) is 6. The van der Waals surface area contributed by atoms with Gasteiger partial charge in [-0.05, 0) is 73.9 Å². The maximum absolute atomic E-state index is 15.4. The van der Waals surface area contributed by atoms with Crippen LogP contribution in [0.15, 0.2) is 83.9 Å². The number of amides is 4. The number of aryl methyl sites for hydroxylation is 1. The van der Waals surface area contributed by atoms with Gasteiger partial charge in [-0.2, -0.15) is 0 Å². The van der Waals surface area contributed by atoms with Crippen LogP contribution in [-0.4, -0.2) is 97.8 Å². The minimum absolute atomic E-state index is 0.0189.